The second-order valence-electron chi connectivity index (χ2n) is 4.91. The largest absolute Gasteiger partial charge is 0.309 e. The summed E-state index contributed by atoms with van der Waals surface area (Å²) >= 11 is 0. The van der Waals surface area contributed by atoms with Crippen molar-refractivity contribution in [2.45, 2.75) is 26.9 Å². The Kier molecular flexibility index (Phi) is 2.91. The van der Waals surface area contributed by atoms with Gasteiger partial charge in [0.25, 0.3) is 0 Å². The maximum absolute atomic E-state index is 11.1. The van der Waals surface area contributed by atoms with Crippen LogP contribution in [0, 0.1) is 13.8 Å². The first-order chi connectivity index (χ1) is 9.20. The Labute approximate surface area is 111 Å². The summed E-state index contributed by atoms with van der Waals surface area (Å²) < 4.78 is 2.13. The van der Waals surface area contributed by atoms with E-state index >= 15 is 0 Å². The topological polar surface area (TPSA) is 59.8 Å². The van der Waals surface area contributed by atoms with Crippen LogP contribution in [-0.4, -0.2) is 27.6 Å². The number of aldehydes is 1. The minimum Gasteiger partial charge on any atom is -0.309 e. The Morgan fingerprint density at radius 3 is 2.89 bits per heavy atom. The van der Waals surface area contributed by atoms with Crippen molar-refractivity contribution in [2.24, 2.45) is 0 Å². The van der Waals surface area contributed by atoms with Crippen molar-refractivity contribution >= 4 is 6.29 Å². The average Bonchev–Trinajstić information content (AvgIpc) is 2.83. The molecule has 0 aliphatic carbocycles. The van der Waals surface area contributed by atoms with Gasteiger partial charge in [0, 0.05) is 24.2 Å². The van der Waals surface area contributed by atoms with Gasteiger partial charge in [0.15, 0.2) is 5.82 Å². The smallest absolute Gasteiger partial charge is 0.164 e. The van der Waals surface area contributed by atoms with E-state index in [1.165, 1.54) is 0 Å². The number of aromatic nitrogens is 3. The Balaban J connectivity index is 2.16. The van der Waals surface area contributed by atoms with Gasteiger partial charge in [0.1, 0.15) is 12.1 Å². The Morgan fingerprint density at radius 2 is 2.11 bits per heavy atom. The summed E-state index contributed by atoms with van der Waals surface area (Å²) in [7, 11) is 0. The number of carbonyl (C=O) groups excluding carboxylic acids is 1. The van der Waals surface area contributed by atoms with Crippen LogP contribution in [0.3, 0.4) is 0 Å². The van der Waals surface area contributed by atoms with Crippen molar-refractivity contribution < 1.29 is 4.79 Å². The standard InChI is InChI=1S/C14H16N4O/c1-9-5-10(2)12(6-11(9)8-19)14-17-16-13-7-15-3-4-18(13)14/h5-6,8,15H,3-4,7H2,1-2H3. The number of nitrogens with zero attached hydrogens (tertiary/aromatic N) is 3. The molecular formula is C14H16N4O. The predicted octanol–water partition coefficient (Wildman–Crippen LogP) is 1.48. The van der Waals surface area contributed by atoms with Crippen LogP contribution in [0.2, 0.25) is 0 Å². The summed E-state index contributed by atoms with van der Waals surface area (Å²) in [5.41, 5.74) is 3.83. The van der Waals surface area contributed by atoms with Gasteiger partial charge in [-0.25, -0.2) is 0 Å². The maximum Gasteiger partial charge on any atom is 0.164 e. The molecule has 1 aromatic carbocycles. The molecule has 1 N–H and O–H groups in total. The number of fused-ring (bicyclic) bond motifs is 1. The molecule has 0 bridgehead atoms. The van der Waals surface area contributed by atoms with Crippen LogP contribution in [-0.2, 0) is 13.1 Å². The first kappa shape index (κ1) is 12.0. The van der Waals surface area contributed by atoms with Gasteiger partial charge in [-0.2, -0.15) is 0 Å². The van der Waals surface area contributed by atoms with E-state index in [1.807, 2.05) is 26.0 Å². The molecule has 1 aliphatic rings. The maximum atomic E-state index is 11.1. The molecule has 0 amide bonds. The van der Waals surface area contributed by atoms with E-state index in [9.17, 15) is 4.79 Å². The fraction of sp³-hybridized carbons (Fsp3) is 0.357. The summed E-state index contributed by atoms with van der Waals surface area (Å²) in [5.74, 6) is 1.81. The first-order valence-electron chi connectivity index (χ1n) is 6.40. The van der Waals surface area contributed by atoms with E-state index < -0.39 is 0 Å². The molecule has 0 spiro atoms. The summed E-state index contributed by atoms with van der Waals surface area (Å²) in [6.07, 6.45) is 0.896. The first-order valence-corrected chi connectivity index (χ1v) is 6.40. The van der Waals surface area contributed by atoms with Gasteiger partial charge < -0.3 is 9.88 Å². The average molecular weight is 256 g/mol. The molecule has 19 heavy (non-hydrogen) atoms. The van der Waals surface area contributed by atoms with E-state index in [-0.39, 0.29) is 0 Å². The van der Waals surface area contributed by atoms with Gasteiger partial charge >= 0.3 is 0 Å². The normalized spacial score (nSPS) is 14.2. The van der Waals surface area contributed by atoms with Crippen molar-refractivity contribution in [2.75, 3.05) is 6.54 Å². The number of hydrogen-bond acceptors (Lipinski definition) is 4. The van der Waals surface area contributed by atoms with Crippen molar-refractivity contribution in [1.29, 1.82) is 0 Å². The monoisotopic (exact) mass is 256 g/mol. The second-order valence-corrected chi connectivity index (χ2v) is 4.91. The highest BCUT2D eigenvalue weighted by Crippen LogP contribution is 2.26. The van der Waals surface area contributed by atoms with Crippen LogP contribution in [0.15, 0.2) is 12.1 Å². The number of rotatable bonds is 2. The highest BCUT2D eigenvalue weighted by Gasteiger charge is 2.18. The van der Waals surface area contributed by atoms with Crippen LogP contribution in [0.5, 0.6) is 0 Å². The Morgan fingerprint density at radius 1 is 1.26 bits per heavy atom. The third-order valence-electron chi connectivity index (χ3n) is 3.60. The molecule has 1 aliphatic heterocycles. The molecule has 98 valence electrons. The minimum atomic E-state index is 0.715. The molecule has 0 radical (unpaired) electrons. The van der Waals surface area contributed by atoms with Crippen molar-refractivity contribution in [1.82, 2.24) is 20.1 Å². The molecule has 0 fully saturated rings. The van der Waals surface area contributed by atoms with E-state index in [0.29, 0.717) is 5.56 Å². The van der Waals surface area contributed by atoms with Crippen molar-refractivity contribution in [3.8, 4) is 11.4 Å². The zero-order valence-electron chi connectivity index (χ0n) is 11.1. The minimum absolute atomic E-state index is 0.715. The highest BCUT2D eigenvalue weighted by molar-refractivity contribution is 5.81. The number of nitrogens with one attached hydrogen (secondary N) is 1. The number of aryl methyl sites for hydroxylation is 2. The summed E-state index contributed by atoms with van der Waals surface area (Å²) in [5, 5.41) is 11.8. The Bertz CT molecular complexity index is 645. The quantitative estimate of drug-likeness (QED) is 0.827. The lowest BCUT2D eigenvalue weighted by Gasteiger charge is -2.17. The highest BCUT2D eigenvalue weighted by atomic mass is 16.1. The van der Waals surface area contributed by atoms with E-state index in [1.54, 1.807) is 0 Å². The lowest BCUT2D eigenvalue weighted by molar-refractivity contribution is 0.112. The number of hydrogen-bond donors (Lipinski definition) is 1. The molecule has 1 aromatic heterocycles. The van der Waals surface area contributed by atoms with Crippen LogP contribution in [0.25, 0.3) is 11.4 Å². The van der Waals surface area contributed by atoms with Crippen LogP contribution < -0.4 is 5.32 Å². The third kappa shape index (κ3) is 1.96. The summed E-state index contributed by atoms with van der Waals surface area (Å²) in [6, 6.07) is 3.94. The van der Waals surface area contributed by atoms with Gasteiger partial charge in [0.05, 0.1) is 6.54 Å². The predicted molar refractivity (Wildman–Crippen MR) is 72.0 cm³/mol. The van der Waals surface area contributed by atoms with Crippen molar-refractivity contribution in [3.05, 3.63) is 34.6 Å². The SMILES string of the molecule is Cc1cc(C)c(-c2nnc3n2CCNC3)cc1C=O. The number of carbonyl (C=O) groups is 1. The fourth-order valence-electron chi connectivity index (χ4n) is 2.53. The molecule has 5 nitrogen and oxygen atoms in total. The lowest BCUT2D eigenvalue weighted by Crippen LogP contribution is -2.28. The fourth-order valence-corrected chi connectivity index (χ4v) is 2.53. The van der Waals surface area contributed by atoms with E-state index in [4.69, 9.17) is 0 Å². The van der Waals surface area contributed by atoms with Gasteiger partial charge in [-0.1, -0.05) is 6.07 Å². The molecule has 2 aromatic rings. The second kappa shape index (κ2) is 4.59. The van der Waals surface area contributed by atoms with Gasteiger partial charge in [-0.15, -0.1) is 10.2 Å². The molecule has 0 saturated heterocycles. The summed E-state index contributed by atoms with van der Waals surface area (Å²) in [4.78, 5) is 11.1. The van der Waals surface area contributed by atoms with Crippen molar-refractivity contribution in [3.63, 3.8) is 0 Å². The number of benzene rings is 1. The van der Waals surface area contributed by atoms with Gasteiger partial charge in [0.2, 0.25) is 0 Å². The lowest BCUT2D eigenvalue weighted by atomic mass is 10.00. The molecule has 0 unspecified atom stereocenters. The van der Waals surface area contributed by atoms with E-state index in [2.05, 4.69) is 20.1 Å². The van der Waals surface area contributed by atoms with Crippen LogP contribution in [0.1, 0.15) is 27.3 Å². The van der Waals surface area contributed by atoms with E-state index in [0.717, 1.165) is 54.3 Å². The molecule has 0 atom stereocenters. The van der Waals surface area contributed by atoms with Gasteiger partial charge in [-0.05, 0) is 31.0 Å². The van der Waals surface area contributed by atoms with Crippen LogP contribution in [0.4, 0.5) is 0 Å². The zero-order valence-corrected chi connectivity index (χ0v) is 11.1. The molecule has 5 heteroatoms. The molecule has 3 rings (SSSR count). The van der Waals surface area contributed by atoms with Gasteiger partial charge in [-0.3, -0.25) is 4.79 Å². The zero-order chi connectivity index (χ0) is 13.4. The third-order valence-corrected chi connectivity index (χ3v) is 3.60. The van der Waals surface area contributed by atoms with Crippen LogP contribution >= 0.6 is 0 Å². The molecular weight excluding hydrogens is 240 g/mol. The summed E-state index contributed by atoms with van der Waals surface area (Å²) in [6.45, 7) is 6.52. The molecule has 2 heterocycles. The Hall–Kier alpha value is -2.01. The molecule has 0 saturated carbocycles.